The van der Waals surface area contributed by atoms with Crippen LogP contribution in [0.5, 0.6) is 0 Å². The predicted octanol–water partition coefficient (Wildman–Crippen LogP) is 2.67. The summed E-state index contributed by atoms with van der Waals surface area (Å²) in [6.45, 7) is 2.20. The van der Waals surface area contributed by atoms with Crippen molar-refractivity contribution in [1.29, 1.82) is 10.5 Å². The van der Waals surface area contributed by atoms with Crippen LogP contribution in [0, 0.1) is 22.7 Å². The van der Waals surface area contributed by atoms with E-state index in [0.717, 1.165) is 0 Å². The van der Waals surface area contributed by atoms with Gasteiger partial charge in [-0.1, -0.05) is 43.7 Å². The molecule has 0 heterocycles. The third-order valence-corrected chi connectivity index (χ3v) is 1.43. The number of aryl methyl sites for hydroxylation is 1. The molecule has 0 aromatic heterocycles. The van der Waals surface area contributed by atoms with Gasteiger partial charge in [-0.2, -0.15) is 10.5 Å². The summed E-state index contributed by atoms with van der Waals surface area (Å²) in [4.78, 5) is 0. The minimum Gasteiger partial charge on any atom is -0.181 e. The lowest BCUT2D eigenvalue weighted by Gasteiger charge is -1.93. The molecule has 0 spiro atoms. The maximum absolute atomic E-state index is 7.26. The highest BCUT2D eigenvalue weighted by Gasteiger charge is 1.84. The summed E-state index contributed by atoms with van der Waals surface area (Å²) in [5.74, 6) is 0. The van der Waals surface area contributed by atoms with Crippen LogP contribution >= 0.6 is 0 Å². The molecule has 0 atom stereocenters. The smallest absolute Gasteiger partial charge is 0.181 e. The van der Waals surface area contributed by atoms with Crippen molar-refractivity contribution in [2.75, 3.05) is 0 Å². The number of hydrogen-bond acceptors (Lipinski definition) is 2. The number of benzene rings is 1. The molecular formula is C11H12N2. The fraction of sp³-hybridized carbons (Fsp3) is 0.273. The molecule has 0 aliphatic heterocycles. The zero-order valence-corrected chi connectivity index (χ0v) is 7.70. The summed E-state index contributed by atoms with van der Waals surface area (Å²) >= 11 is 0. The summed E-state index contributed by atoms with van der Waals surface area (Å²) < 4.78 is 0. The molecule has 0 bridgehead atoms. The Morgan fingerprint density at radius 1 is 1.08 bits per heavy atom. The van der Waals surface area contributed by atoms with Crippen LogP contribution in [0.25, 0.3) is 0 Å². The number of nitrogens with zero attached hydrogens (tertiary/aromatic N) is 2. The maximum Gasteiger partial charge on any atom is 0.181 e. The van der Waals surface area contributed by atoms with E-state index >= 15 is 0 Å². The molecule has 1 aromatic carbocycles. The average Bonchev–Trinajstić information content (AvgIpc) is 2.20. The van der Waals surface area contributed by atoms with Gasteiger partial charge in [0, 0.05) is 0 Å². The first-order valence-corrected chi connectivity index (χ1v) is 4.17. The zero-order valence-electron chi connectivity index (χ0n) is 7.70. The SMILES string of the molecule is CCCc1ccccc1.N#CC#N. The second-order valence-electron chi connectivity index (χ2n) is 2.46. The molecule has 0 radical (unpaired) electrons. The number of hydrogen-bond donors (Lipinski definition) is 0. The molecule has 2 nitrogen and oxygen atoms in total. The molecule has 0 N–H and O–H groups in total. The molecule has 0 aliphatic carbocycles. The Kier molecular flexibility index (Phi) is 7.15. The lowest BCUT2D eigenvalue weighted by Crippen LogP contribution is -1.78. The third-order valence-electron chi connectivity index (χ3n) is 1.43. The summed E-state index contributed by atoms with van der Waals surface area (Å²) in [7, 11) is 0. The van der Waals surface area contributed by atoms with E-state index in [1.54, 1.807) is 0 Å². The Balaban J connectivity index is 0.000000310. The predicted molar refractivity (Wildman–Crippen MR) is 51.7 cm³/mol. The Bertz CT molecular complexity index is 278. The normalized spacial score (nSPS) is 7.31. The monoisotopic (exact) mass is 172 g/mol. The topological polar surface area (TPSA) is 47.6 Å². The Morgan fingerprint density at radius 2 is 1.62 bits per heavy atom. The van der Waals surface area contributed by atoms with Gasteiger partial charge >= 0.3 is 0 Å². The highest BCUT2D eigenvalue weighted by atomic mass is 14.3. The van der Waals surface area contributed by atoms with Crippen LogP contribution in [0.15, 0.2) is 30.3 Å². The van der Waals surface area contributed by atoms with Gasteiger partial charge in [-0.25, -0.2) is 0 Å². The van der Waals surface area contributed by atoms with Gasteiger partial charge in [0.25, 0.3) is 0 Å². The van der Waals surface area contributed by atoms with Gasteiger partial charge in [0.05, 0.1) is 0 Å². The first kappa shape index (κ1) is 11.2. The highest BCUT2D eigenvalue weighted by Crippen LogP contribution is 2.00. The van der Waals surface area contributed by atoms with Crippen LogP contribution in [0.4, 0.5) is 0 Å². The Labute approximate surface area is 79.0 Å². The van der Waals surface area contributed by atoms with E-state index in [2.05, 4.69) is 37.3 Å². The summed E-state index contributed by atoms with van der Waals surface area (Å²) in [6.07, 6.45) is 2.45. The van der Waals surface area contributed by atoms with E-state index < -0.39 is 0 Å². The lowest BCUT2D eigenvalue weighted by atomic mass is 10.1. The van der Waals surface area contributed by atoms with Crippen LogP contribution in [-0.4, -0.2) is 0 Å². The van der Waals surface area contributed by atoms with E-state index in [4.69, 9.17) is 10.5 Å². The summed E-state index contributed by atoms with van der Waals surface area (Å²) in [5, 5.41) is 14.5. The van der Waals surface area contributed by atoms with Crippen LogP contribution in [-0.2, 0) is 6.42 Å². The summed E-state index contributed by atoms with van der Waals surface area (Å²) in [6, 6.07) is 13.0. The number of nitriles is 2. The quantitative estimate of drug-likeness (QED) is 0.688. The fourth-order valence-corrected chi connectivity index (χ4v) is 0.933. The van der Waals surface area contributed by atoms with Gasteiger partial charge in [0.1, 0.15) is 0 Å². The number of rotatable bonds is 2. The Morgan fingerprint density at radius 3 is 2.00 bits per heavy atom. The van der Waals surface area contributed by atoms with Crippen LogP contribution in [0.3, 0.4) is 0 Å². The van der Waals surface area contributed by atoms with Crippen LogP contribution in [0.2, 0.25) is 0 Å². The minimum atomic E-state index is 1.21. The molecular weight excluding hydrogens is 160 g/mol. The molecule has 0 unspecified atom stereocenters. The van der Waals surface area contributed by atoms with Crippen molar-refractivity contribution in [1.82, 2.24) is 0 Å². The van der Waals surface area contributed by atoms with Gasteiger partial charge in [-0.3, -0.25) is 0 Å². The van der Waals surface area contributed by atoms with E-state index in [-0.39, 0.29) is 0 Å². The van der Waals surface area contributed by atoms with Crippen LogP contribution in [0.1, 0.15) is 18.9 Å². The van der Waals surface area contributed by atoms with E-state index in [0.29, 0.717) is 0 Å². The van der Waals surface area contributed by atoms with Crippen molar-refractivity contribution < 1.29 is 0 Å². The largest absolute Gasteiger partial charge is 0.181 e. The van der Waals surface area contributed by atoms with E-state index in [9.17, 15) is 0 Å². The second kappa shape index (κ2) is 8.30. The fourth-order valence-electron chi connectivity index (χ4n) is 0.933. The molecule has 2 heteroatoms. The zero-order chi connectivity index (χ0) is 9.94. The molecule has 0 saturated heterocycles. The lowest BCUT2D eigenvalue weighted by molar-refractivity contribution is 0.922. The van der Waals surface area contributed by atoms with Gasteiger partial charge in [-0.15, -0.1) is 0 Å². The second-order valence-corrected chi connectivity index (χ2v) is 2.46. The van der Waals surface area contributed by atoms with Crippen molar-refractivity contribution in [2.24, 2.45) is 0 Å². The molecule has 0 amide bonds. The minimum absolute atomic E-state index is 1.21. The molecule has 1 aromatic rings. The average molecular weight is 172 g/mol. The first-order valence-electron chi connectivity index (χ1n) is 4.17. The van der Waals surface area contributed by atoms with Crippen LogP contribution < -0.4 is 0 Å². The molecule has 0 fully saturated rings. The summed E-state index contributed by atoms with van der Waals surface area (Å²) in [5.41, 5.74) is 1.44. The molecule has 0 aliphatic rings. The van der Waals surface area contributed by atoms with Crippen molar-refractivity contribution >= 4 is 0 Å². The molecule has 1 rings (SSSR count). The van der Waals surface area contributed by atoms with Gasteiger partial charge < -0.3 is 0 Å². The standard InChI is InChI=1S/C9H12.C2N2/c1-2-6-9-7-4-3-5-8-9;3-1-2-4/h3-5,7-8H,2,6H2,1H3;. The molecule has 0 saturated carbocycles. The van der Waals surface area contributed by atoms with Crippen molar-refractivity contribution in [3.05, 3.63) is 35.9 Å². The highest BCUT2D eigenvalue weighted by molar-refractivity contribution is 5.14. The van der Waals surface area contributed by atoms with Crippen molar-refractivity contribution in [2.45, 2.75) is 19.8 Å². The van der Waals surface area contributed by atoms with Crippen molar-refractivity contribution in [3.8, 4) is 12.1 Å². The van der Waals surface area contributed by atoms with E-state index in [1.165, 1.54) is 30.5 Å². The van der Waals surface area contributed by atoms with Crippen molar-refractivity contribution in [3.63, 3.8) is 0 Å². The molecule has 66 valence electrons. The molecule has 13 heavy (non-hydrogen) atoms. The Hall–Kier alpha value is -1.80. The van der Waals surface area contributed by atoms with Gasteiger partial charge in [0.15, 0.2) is 12.1 Å². The van der Waals surface area contributed by atoms with Gasteiger partial charge in [0.2, 0.25) is 0 Å². The third kappa shape index (κ3) is 6.59. The van der Waals surface area contributed by atoms with Gasteiger partial charge in [-0.05, 0) is 12.0 Å². The maximum atomic E-state index is 7.26. The first-order chi connectivity index (χ1) is 6.35. The van der Waals surface area contributed by atoms with E-state index in [1.807, 2.05) is 0 Å².